The van der Waals surface area contributed by atoms with Crippen LogP contribution >= 0.6 is 0 Å². The highest BCUT2D eigenvalue weighted by Gasteiger charge is 2.29. The van der Waals surface area contributed by atoms with Crippen LogP contribution in [0.5, 0.6) is 0 Å². The zero-order chi connectivity index (χ0) is 30.3. The maximum atomic E-state index is 13.3. The van der Waals surface area contributed by atoms with E-state index in [1.54, 1.807) is 23.1 Å². The summed E-state index contributed by atoms with van der Waals surface area (Å²) in [5.41, 5.74) is 6.07. The van der Waals surface area contributed by atoms with E-state index in [-0.39, 0.29) is 11.8 Å². The fourth-order valence-corrected chi connectivity index (χ4v) is 4.96. The van der Waals surface area contributed by atoms with Gasteiger partial charge in [-0.1, -0.05) is 66.7 Å². The van der Waals surface area contributed by atoms with Gasteiger partial charge in [-0.15, -0.1) is 0 Å². The van der Waals surface area contributed by atoms with Crippen LogP contribution in [0.15, 0.2) is 103 Å². The molecule has 0 fully saturated rings. The first-order valence-electron chi connectivity index (χ1n) is 14.0. The molecule has 0 aliphatic carbocycles. The number of hydrogen-bond donors (Lipinski definition) is 2. The largest absolute Gasteiger partial charge is 0.465 e. The Bertz CT molecular complexity index is 1650. The Kier molecular flexibility index (Phi) is 8.98. The number of rotatable bonds is 10. The molecule has 8 heteroatoms. The zero-order valence-electron chi connectivity index (χ0n) is 24.5. The number of nitrogens with one attached hydrogen (secondary N) is 2. The molecule has 4 aromatic carbocycles. The Hall–Kier alpha value is -5.21. The molecule has 1 aliphatic rings. The predicted octanol–water partition coefficient (Wildman–Crippen LogP) is 5.89. The van der Waals surface area contributed by atoms with Crippen molar-refractivity contribution in [2.45, 2.75) is 13.0 Å². The summed E-state index contributed by atoms with van der Waals surface area (Å²) in [7, 11) is 5.23. The smallest absolute Gasteiger partial charge is 0.337 e. The van der Waals surface area contributed by atoms with Crippen molar-refractivity contribution in [3.8, 4) is 0 Å². The van der Waals surface area contributed by atoms with Crippen molar-refractivity contribution in [2.24, 2.45) is 0 Å². The highest BCUT2D eigenvalue weighted by atomic mass is 16.5. The molecule has 0 saturated carbocycles. The summed E-state index contributed by atoms with van der Waals surface area (Å²) in [4.78, 5) is 42.5. The van der Waals surface area contributed by atoms with Gasteiger partial charge >= 0.3 is 5.97 Å². The minimum Gasteiger partial charge on any atom is -0.465 e. The minimum absolute atomic E-state index is 0.0379. The number of nitrogens with zero attached hydrogens (tertiary/aromatic N) is 2. The number of methoxy groups -OCH3 is 1. The van der Waals surface area contributed by atoms with Gasteiger partial charge in [0.2, 0.25) is 5.91 Å². The van der Waals surface area contributed by atoms with Gasteiger partial charge in [0.05, 0.1) is 36.2 Å². The molecule has 0 atom stereocenters. The van der Waals surface area contributed by atoms with Crippen LogP contribution in [0, 0.1) is 0 Å². The lowest BCUT2D eigenvalue weighted by Gasteiger charge is -2.24. The van der Waals surface area contributed by atoms with E-state index in [0.717, 1.165) is 22.5 Å². The van der Waals surface area contributed by atoms with Crippen molar-refractivity contribution in [3.63, 3.8) is 0 Å². The summed E-state index contributed by atoms with van der Waals surface area (Å²) in [6, 6.07) is 32.2. The Morgan fingerprint density at radius 1 is 0.837 bits per heavy atom. The summed E-state index contributed by atoms with van der Waals surface area (Å²) in [6.45, 7) is 1.12. The molecule has 0 radical (unpaired) electrons. The Labute approximate surface area is 251 Å². The molecule has 1 heterocycles. The van der Waals surface area contributed by atoms with E-state index in [9.17, 15) is 14.4 Å². The fourth-order valence-electron chi connectivity index (χ4n) is 4.96. The van der Waals surface area contributed by atoms with Crippen molar-refractivity contribution in [3.05, 3.63) is 125 Å². The molecule has 2 amide bonds. The number of carbonyl (C=O) groups excluding carboxylic acids is 3. The third-order valence-corrected chi connectivity index (χ3v) is 7.20. The SMILES string of the molecule is COC(=O)c1ccc2c(c1)NC(=O)C2=C(Nc1ccc(N(Cc2ccccc2)C(=O)CCN(C)C)cc1)c1ccccc1. The van der Waals surface area contributed by atoms with E-state index in [0.29, 0.717) is 47.6 Å². The van der Waals surface area contributed by atoms with Crippen LogP contribution in [0.3, 0.4) is 0 Å². The lowest BCUT2D eigenvalue weighted by Crippen LogP contribution is -2.32. The van der Waals surface area contributed by atoms with E-state index < -0.39 is 5.97 Å². The van der Waals surface area contributed by atoms with Crippen LogP contribution in [-0.2, 0) is 20.9 Å². The number of amides is 2. The van der Waals surface area contributed by atoms with Gasteiger partial charge < -0.3 is 25.2 Å². The van der Waals surface area contributed by atoms with E-state index in [4.69, 9.17) is 4.74 Å². The van der Waals surface area contributed by atoms with Gasteiger partial charge in [0.25, 0.3) is 5.91 Å². The second-order valence-electron chi connectivity index (χ2n) is 10.5. The normalized spacial score (nSPS) is 13.3. The monoisotopic (exact) mass is 574 g/mol. The van der Waals surface area contributed by atoms with Crippen molar-refractivity contribution in [1.82, 2.24) is 4.90 Å². The van der Waals surface area contributed by atoms with Crippen LogP contribution in [0.25, 0.3) is 11.3 Å². The average Bonchev–Trinajstić information content (AvgIpc) is 3.36. The molecular weight excluding hydrogens is 540 g/mol. The van der Waals surface area contributed by atoms with Gasteiger partial charge in [-0.05, 0) is 61.6 Å². The van der Waals surface area contributed by atoms with Crippen molar-refractivity contribution in [2.75, 3.05) is 43.3 Å². The molecule has 218 valence electrons. The Morgan fingerprint density at radius 2 is 1.51 bits per heavy atom. The molecule has 8 nitrogen and oxygen atoms in total. The van der Waals surface area contributed by atoms with Gasteiger partial charge in [0, 0.05) is 29.9 Å². The Balaban J connectivity index is 1.48. The van der Waals surface area contributed by atoms with Gasteiger partial charge in [0.1, 0.15) is 0 Å². The van der Waals surface area contributed by atoms with Crippen LogP contribution in [0.1, 0.15) is 33.5 Å². The maximum Gasteiger partial charge on any atom is 0.337 e. The van der Waals surface area contributed by atoms with Crippen LogP contribution < -0.4 is 15.5 Å². The lowest BCUT2D eigenvalue weighted by atomic mass is 9.99. The lowest BCUT2D eigenvalue weighted by molar-refractivity contribution is -0.119. The third kappa shape index (κ3) is 6.82. The highest BCUT2D eigenvalue weighted by molar-refractivity contribution is 6.37. The summed E-state index contributed by atoms with van der Waals surface area (Å²) in [6.07, 6.45) is 0.399. The van der Waals surface area contributed by atoms with E-state index in [1.807, 2.05) is 104 Å². The number of anilines is 3. The molecule has 0 spiro atoms. The quantitative estimate of drug-likeness (QED) is 0.181. The number of hydrogen-bond acceptors (Lipinski definition) is 6. The number of benzene rings is 4. The van der Waals surface area contributed by atoms with E-state index in [2.05, 4.69) is 10.6 Å². The summed E-state index contributed by atoms with van der Waals surface area (Å²) in [5.74, 6) is -0.714. The molecular formula is C35H34N4O4. The standard InChI is InChI=1S/C35H34N4O4/c1-38(2)21-20-31(40)39(23-24-10-6-4-7-11-24)28-17-15-27(16-18-28)36-33(25-12-8-5-9-13-25)32-29-19-14-26(35(42)43-3)22-30(29)37-34(32)41/h4-19,22,36H,20-21,23H2,1-3H3,(H,37,41). The highest BCUT2D eigenvalue weighted by Crippen LogP contribution is 2.38. The molecule has 5 rings (SSSR count). The molecule has 0 saturated heterocycles. The number of fused-ring (bicyclic) bond motifs is 1. The van der Waals surface area contributed by atoms with Gasteiger partial charge in [-0.3, -0.25) is 9.59 Å². The molecule has 1 aliphatic heterocycles. The first-order chi connectivity index (χ1) is 20.8. The summed E-state index contributed by atoms with van der Waals surface area (Å²) >= 11 is 0. The van der Waals surface area contributed by atoms with Crippen LogP contribution in [0.2, 0.25) is 0 Å². The second kappa shape index (κ2) is 13.2. The summed E-state index contributed by atoms with van der Waals surface area (Å²) in [5, 5.41) is 6.35. The van der Waals surface area contributed by atoms with Crippen molar-refractivity contribution in [1.29, 1.82) is 0 Å². The molecule has 0 bridgehead atoms. The van der Waals surface area contributed by atoms with Crippen LogP contribution in [0.4, 0.5) is 17.1 Å². The number of carbonyl (C=O) groups is 3. The Morgan fingerprint density at radius 3 is 2.16 bits per heavy atom. The second-order valence-corrected chi connectivity index (χ2v) is 10.5. The maximum absolute atomic E-state index is 13.3. The molecule has 0 unspecified atom stereocenters. The van der Waals surface area contributed by atoms with Gasteiger partial charge in [-0.25, -0.2) is 4.79 Å². The zero-order valence-corrected chi connectivity index (χ0v) is 24.5. The fraction of sp³-hybridized carbons (Fsp3) is 0.171. The number of esters is 1. The molecule has 2 N–H and O–H groups in total. The average molecular weight is 575 g/mol. The summed E-state index contributed by atoms with van der Waals surface area (Å²) < 4.78 is 4.84. The topological polar surface area (TPSA) is 91.0 Å². The van der Waals surface area contributed by atoms with Crippen molar-refractivity contribution >= 4 is 46.1 Å². The number of ether oxygens (including phenoxy) is 1. The van der Waals surface area contributed by atoms with Crippen LogP contribution in [-0.4, -0.2) is 50.4 Å². The van der Waals surface area contributed by atoms with Gasteiger partial charge in [-0.2, -0.15) is 0 Å². The third-order valence-electron chi connectivity index (χ3n) is 7.20. The van der Waals surface area contributed by atoms with Crippen molar-refractivity contribution < 1.29 is 19.1 Å². The first-order valence-corrected chi connectivity index (χ1v) is 14.0. The van der Waals surface area contributed by atoms with E-state index >= 15 is 0 Å². The predicted molar refractivity (Wildman–Crippen MR) is 171 cm³/mol. The minimum atomic E-state index is -0.475. The van der Waals surface area contributed by atoms with Gasteiger partial charge in [0.15, 0.2) is 0 Å². The molecule has 4 aromatic rings. The molecule has 43 heavy (non-hydrogen) atoms. The van der Waals surface area contributed by atoms with E-state index in [1.165, 1.54) is 7.11 Å². The first kappa shape index (κ1) is 29.3. The molecule has 0 aromatic heterocycles.